The molecule has 0 radical (unpaired) electrons. The maximum absolute atomic E-state index is 11.1. The van der Waals surface area contributed by atoms with Crippen LogP contribution < -0.4 is 0 Å². The Morgan fingerprint density at radius 2 is 2.00 bits per heavy atom. The fourth-order valence-corrected chi connectivity index (χ4v) is 1.55. The predicted molar refractivity (Wildman–Crippen MR) is 42.0 cm³/mol. The number of imide groups is 1. The lowest BCUT2D eigenvalue weighted by molar-refractivity contribution is -0.136. The molecule has 0 saturated heterocycles. The first kappa shape index (κ1) is 9.87. The monoisotopic (exact) mass is 205 g/mol. The molecule has 1 rings (SSSR count). The summed E-state index contributed by atoms with van der Waals surface area (Å²) in [5.41, 5.74) is 0. The minimum absolute atomic E-state index is 0.0766. The Labute approximate surface area is 74.6 Å². The van der Waals surface area contributed by atoms with Crippen molar-refractivity contribution < 1.29 is 22.6 Å². The smallest absolute Gasteiger partial charge is 0.282 e. The lowest BCUT2D eigenvalue weighted by Gasteiger charge is -2.09. The Bertz CT molecular complexity index is 393. The third kappa shape index (κ3) is 1.61. The summed E-state index contributed by atoms with van der Waals surface area (Å²) in [5.74, 6) is -1.70. The molecule has 0 aromatic rings. The normalized spacial score (nSPS) is 18.0. The Morgan fingerprint density at radius 1 is 1.46 bits per heavy atom. The summed E-state index contributed by atoms with van der Waals surface area (Å²) < 4.78 is 29.6. The standard InChI is InChI=1S/C6H7NO5S/c1-2-7-5(8)3-4(6(7)9)13(10,11)12/h3H,2H2,1H3,(H,10,11,12). The number of likely N-dealkylation sites (N-methyl/N-ethyl adjacent to an activating group) is 1. The van der Waals surface area contributed by atoms with Gasteiger partial charge in [0.1, 0.15) is 0 Å². The molecule has 0 bridgehead atoms. The molecule has 1 aliphatic heterocycles. The number of hydrogen-bond acceptors (Lipinski definition) is 4. The van der Waals surface area contributed by atoms with Gasteiger partial charge in [-0.2, -0.15) is 8.42 Å². The van der Waals surface area contributed by atoms with E-state index in [0.717, 1.165) is 4.90 Å². The van der Waals surface area contributed by atoms with Crippen LogP contribution in [0.5, 0.6) is 0 Å². The van der Waals surface area contributed by atoms with E-state index in [2.05, 4.69) is 0 Å². The zero-order valence-corrected chi connectivity index (χ0v) is 7.54. The highest BCUT2D eigenvalue weighted by atomic mass is 32.2. The van der Waals surface area contributed by atoms with Crippen molar-refractivity contribution in [1.29, 1.82) is 0 Å². The summed E-state index contributed by atoms with van der Waals surface area (Å²) in [6.07, 6.45) is 0.612. The number of amides is 2. The van der Waals surface area contributed by atoms with Gasteiger partial charge in [-0.25, -0.2) is 0 Å². The molecule has 6 nitrogen and oxygen atoms in total. The largest absolute Gasteiger partial charge is 0.300 e. The summed E-state index contributed by atoms with van der Waals surface area (Å²) in [6, 6.07) is 0. The van der Waals surface area contributed by atoms with Crippen LogP contribution in [0.1, 0.15) is 6.92 Å². The van der Waals surface area contributed by atoms with Crippen LogP contribution in [0, 0.1) is 0 Å². The van der Waals surface area contributed by atoms with E-state index in [-0.39, 0.29) is 6.54 Å². The fourth-order valence-electron chi connectivity index (χ4n) is 0.969. The quantitative estimate of drug-likeness (QED) is 0.468. The van der Waals surface area contributed by atoms with E-state index in [1.807, 2.05) is 0 Å². The molecule has 1 N–H and O–H groups in total. The fraction of sp³-hybridized carbons (Fsp3) is 0.333. The van der Waals surface area contributed by atoms with Crippen LogP contribution in [-0.4, -0.2) is 36.2 Å². The van der Waals surface area contributed by atoms with Crippen LogP contribution >= 0.6 is 0 Å². The topological polar surface area (TPSA) is 91.8 Å². The highest BCUT2D eigenvalue weighted by Gasteiger charge is 2.36. The minimum atomic E-state index is -4.58. The van der Waals surface area contributed by atoms with E-state index < -0.39 is 26.8 Å². The van der Waals surface area contributed by atoms with E-state index in [9.17, 15) is 18.0 Å². The first-order valence-electron chi connectivity index (χ1n) is 3.43. The molecule has 13 heavy (non-hydrogen) atoms. The van der Waals surface area contributed by atoms with Gasteiger partial charge in [-0.3, -0.25) is 19.0 Å². The summed E-state index contributed by atoms with van der Waals surface area (Å²) in [5, 5.41) is 0. The average Bonchev–Trinajstić information content (AvgIpc) is 2.25. The first-order valence-corrected chi connectivity index (χ1v) is 4.87. The molecule has 7 heteroatoms. The van der Waals surface area contributed by atoms with Gasteiger partial charge in [0.25, 0.3) is 21.9 Å². The summed E-state index contributed by atoms with van der Waals surface area (Å²) in [7, 11) is -4.58. The number of carbonyl (C=O) groups is 2. The van der Waals surface area contributed by atoms with Crippen molar-refractivity contribution in [2.24, 2.45) is 0 Å². The molecule has 0 spiro atoms. The van der Waals surface area contributed by atoms with Crippen molar-refractivity contribution >= 4 is 21.9 Å². The van der Waals surface area contributed by atoms with Crippen molar-refractivity contribution in [3.05, 3.63) is 11.0 Å². The molecule has 0 unspecified atom stereocenters. The number of carbonyl (C=O) groups excluding carboxylic acids is 2. The second-order valence-electron chi connectivity index (χ2n) is 2.37. The zero-order chi connectivity index (χ0) is 10.2. The maximum atomic E-state index is 11.1. The Hall–Kier alpha value is -1.21. The van der Waals surface area contributed by atoms with Gasteiger partial charge in [-0.15, -0.1) is 0 Å². The first-order chi connectivity index (χ1) is 5.88. The van der Waals surface area contributed by atoms with Crippen LogP contribution in [0.3, 0.4) is 0 Å². The third-order valence-corrected chi connectivity index (χ3v) is 2.42. The lowest BCUT2D eigenvalue weighted by Crippen LogP contribution is -2.31. The van der Waals surface area contributed by atoms with Crippen molar-refractivity contribution in [2.45, 2.75) is 6.92 Å². The molecule has 2 amide bonds. The average molecular weight is 205 g/mol. The molecule has 0 atom stereocenters. The van der Waals surface area contributed by atoms with Crippen molar-refractivity contribution in [3.8, 4) is 0 Å². The number of nitrogens with zero attached hydrogens (tertiary/aromatic N) is 1. The molecule has 1 aliphatic rings. The number of hydrogen-bond donors (Lipinski definition) is 1. The van der Waals surface area contributed by atoms with Crippen LogP contribution in [0.4, 0.5) is 0 Å². The van der Waals surface area contributed by atoms with Gasteiger partial charge in [0.15, 0.2) is 4.91 Å². The van der Waals surface area contributed by atoms with Gasteiger partial charge in [-0.1, -0.05) is 0 Å². The third-order valence-electron chi connectivity index (χ3n) is 1.57. The van der Waals surface area contributed by atoms with Crippen LogP contribution in [-0.2, 0) is 19.7 Å². The second-order valence-corrected chi connectivity index (χ2v) is 3.76. The van der Waals surface area contributed by atoms with Gasteiger partial charge in [0.05, 0.1) is 0 Å². The Morgan fingerprint density at radius 3 is 2.23 bits per heavy atom. The highest BCUT2D eigenvalue weighted by Crippen LogP contribution is 2.16. The Balaban J connectivity index is 3.14. The highest BCUT2D eigenvalue weighted by molar-refractivity contribution is 7.90. The van der Waals surface area contributed by atoms with E-state index in [4.69, 9.17) is 4.55 Å². The Kier molecular flexibility index (Phi) is 2.22. The van der Waals surface area contributed by atoms with Crippen molar-refractivity contribution in [2.75, 3.05) is 6.54 Å². The van der Waals surface area contributed by atoms with Gasteiger partial charge in [-0.05, 0) is 6.92 Å². The van der Waals surface area contributed by atoms with E-state index >= 15 is 0 Å². The molecular formula is C6H7NO5S. The van der Waals surface area contributed by atoms with Crippen molar-refractivity contribution in [3.63, 3.8) is 0 Å². The number of rotatable bonds is 2. The maximum Gasteiger partial charge on any atom is 0.300 e. The van der Waals surface area contributed by atoms with Gasteiger partial charge in [0.2, 0.25) is 0 Å². The molecule has 0 aromatic heterocycles. The molecular weight excluding hydrogens is 198 g/mol. The van der Waals surface area contributed by atoms with Gasteiger partial charge < -0.3 is 0 Å². The molecule has 0 saturated carbocycles. The molecule has 1 heterocycles. The second kappa shape index (κ2) is 2.93. The van der Waals surface area contributed by atoms with Crippen LogP contribution in [0.2, 0.25) is 0 Å². The van der Waals surface area contributed by atoms with Crippen LogP contribution in [0.15, 0.2) is 11.0 Å². The summed E-state index contributed by atoms with van der Waals surface area (Å²) >= 11 is 0. The van der Waals surface area contributed by atoms with Crippen LogP contribution in [0.25, 0.3) is 0 Å². The summed E-state index contributed by atoms with van der Waals surface area (Å²) in [4.78, 5) is 21.9. The van der Waals surface area contributed by atoms with Gasteiger partial charge in [0, 0.05) is 12.6 Å². The van der Waals surface area contributed by atoms with E-state index in [0.29, 0.717) is 6.08 Å². The molecule has 0 aromatic carbocycles. The predicted octanol–water partition coefficient (Wildman–Crippen LogP) is -0.853. The van der Waals surface area contributed by atoms with E-state index in [1.165, 1.54) is 6.92 Å². The van der Waals surface area contributed by atoms with E-state index in [1.54, 1.807) is 0 Å². The lowest BCUT2D eigenvalue weighted by atomic mass is 10.5. The summed E-state index contributed by atoms with van der Waals surface area (Å²) in [6.45, 7) is 1.60. The molecule has 0 aliphatic carbocycles. The SMILES string of the molecule is CCN1C(=O)C=C(S(=O)(=O)O)C1=O. The van der Waals surface area contributed by atoms with Crippen molar-refractivity contribution in [1.82, 2.24) is 4.90 Å². The zero-order valence-electron chi connectivity index (χ0n) is 6.72. The minimum Gasteiger partial charge on any atom is -0.282 e. The van der Waals surface area contributed by atoms with Gasteiger partial charge >= 0.3 is 0 Å². The molecule has 72 valence electrons. The molecule has 0 fully saturated rings.